The normalized spacial score (nSPS) is 18.5. The van der Waals surface area contributed by atoms with Crippen molar-refractivity contribution in [3.05, 3.63) is 84.2 Å². The summed E-state index contributed by atoms with van der Waals surface area (Å²) in [5, 5.41) is 6.86. The number of anilines is 2. The van der Waals surface area contributed by atoms with Crippen LogP contribution in [0.3, 0.4) is 0 Å². The summed E-state index contributed by atoms with van der Waals surface area (Å²) in [4.78, 5) is 26.0. The molecule has 1 amide bonds. The topological polar surface area (TPSA) is 73.4 Å². The van der Waals surface area contributed by atoms with Crippen LogP contribution in [0, 0.1) is 5.92 Å². The maximum absolute atomic E-state index is 12.3. The van der Waals surface area contributed by atoms with Gasteiger partial charge in [0.1, 0.15) is 0 Å². The Bertz CT molecular complexity index is 1100. The molecule has 2 aliphatic rings. The van der Waals surface area contributed by atoms with E-state index in [2.05, 4.69) is 54.7 Å². The van der Waals surface area contributed by atoms with Crippen LogP contribution in [0.4, 0.5) is 11.6 Å². The highest BCUT2D eigenvalue weighted by Gasteiger charge is 2.24. The van der Waals surface area contributed by atoms with Gasteiger partial charge in [-0.15, -0.1) is 0 Å². The minimum absolute atomic E-state index is 0.0564. The summed E-state index contributed by atoms with van der Waals surface area (Å²) in [6, 6.07) is 21.0. The molecule has 7 nitrogen and oxygen atoms in total. The second-order valence-corrected chi connectivity index (χ2v) is 10.3. The smallest absolute Gasteiger partial charge is 0.225 e. The lowest BCUT2D eigenvalue weighted by Crippen LogP contribution is -2.46. The van der Waals surface area contributed by atoms with E-state index < -0.39 is 0 Å². The van der Waals surface area contributed by atoms with E-state index in [-0.39, 0.29) is 5.91 Å². The molecule has 2 saturated heterocycles. The zero-order valence-corrected chi connectivity index (χ0v) is 21.6. The zero-order chi connectivity index (χ0) is 25.3. The molecule has 5 rings (SSSR count). The predicted molar refractivity (Wildman–Crippen MR) is 149 cm³/mol. The third-order valence-corrected chi connectivity index (χ3v) is 7.54. The van der Waals surface area contributed by atoms with Crippen molar-refractivity contribution in [3.8, 4) is 0 Å². The van der Waals surface area contributed by atoms with E-state index in [1.165, 1.54) is 18.5 Å². The molecule has 2 aliphatic heterocycles. The number of rotatable bonds is 9. The number of aromatic nitrogens is 2. The molecule has 37 heavy (non-hydrogen) atoms. The molecule has 3 aromatic rings. The van der Waals surface area contributed by atoms with E-state index in [4.69, 9.17) is 0 Å². The van der Waals surface area contributed by atoms with Crippen LogP contribution in [0.1, 0.15) is 36.8 Å². The van der Waals surface area contributed by atoms with Crippen molar-refractivity contribution >= 4 is 17.5 Å². The van der Waals surface area contributed by atoms with E-state index in [0.29, 0.717) is 24.9 Å². The van der Waals surface area contributed by atoms with Gasteiger partial charge in [0.05, 0.1) is 6.42 Å². The molecule has 0 radical (unpaired) electrons. The Morgan fingerprint density at radius 2 is 1.59 bits per heavy atom. The second kappa shape index (κ2) is 12.7. The van der Waals surface area contributed by atoms with E-state index in [1.54, 1.807) is 0 Å². The molecular weight excluding hydrogens is 460 g/mol. The standard InChI is InChI=1S/C30H38N6O/c37-29(34-21-25-6-2-1-3-7-25)20-24-9-11-28(12-10-24)35-18-13-27(14-19-35)33-22-26-8-4-17-36(23-26)30-31-15-5-16-32-30/h1-3,5-7,9-12,15-16,26-27,33H,4,8,13-14,17-23H2,(H,34,37). The Balaban J connectivity index is 1.02. The predicted octanol–water partition coefficient (Wildman–Crippen LogP) is 3.81. The van der Waals surface area contributed by atoms with Crippen molar-refractivity contribution in [3.63, 3.8) is 0 Å². The summed E-state index contributed by atoms with van der Waals surface area (Å²) < 4.78 is 0. The zero-order valence-electron chi connectivity index (χ0n) is 21.6. The molecule has 0 aliphatic carbocycles. The van der Waals surface area contributed by atoms with Gasteiger partial charge in [-0.2, -0.15) is 0 Å². The lowest BCUT2D eigenvalue weighted by Gasteiger charge is -2.36. The molecule has 1 atom stereocenters. The third-order valence-electron chi connectivity index (χ3n) is 7.54. The van der Waals surface area contributed by atoms with Crippen molar-refractivity contribution < 1.29 is 4.79 Å². The molecule has 0 saturated carbocycles. The fourth-order valence-corrected chi connectivity index (χ4v) is 5.41. The summed E-state index contributed by atoms with van der Waals surface area (Å²) in [6.07, 6.45) is 8.85. The highest BCUT2D eigenvalue weighted by Crippen LogP contribution is 2.23. The minimum Gasteiger partial charge on any atom is -0.371 e. The van der Waals surface area contributed by atoms with E-state index >= 15 is 0 Å². The maximum Gasteiger partial charge on any atom is 0.225 e. The van der Waals surface area contributed by atoms with Crippen LogP contribution < -0.4 is 20.4 Å². The van der Waals surface area contributed by atoms with Crippen LogP contribution in [0.15, 0.2) is 73.1 Å². The van der Waals surface area contributed by atoms with Gasteiger partial charge in [-0.05, 0) is 67.5 Å². The van der Waals surface area contributed by atoms with Crippen molar-refractivity contribution in [2.45, 2.75) is 44.7 Å². The number of carbonyl (C=O) groups excluding carboxylic acids is 1. The first kappa shape index (κ1) is 25.2. The molecule has 0 bridgehead atoms. The lowest BCUT2D eigenvalue weighted by molar-refractivity contribution is -0.120. The number of hydrogen-bond donors (Lipinski definition) is 2. The molecule has 2 aromatic carbocycles. The first-order valence-corrected chi connectivity index (χ1v) is 13.6. The minimum atomic E-state index is 0.0564. The largest absolute Gasteiger partial charge is 0.371 e. The van der Waals surface area contributed by atoms with Crippen LogP contribution in [-0.4, -0.2) is 54.6 Å². The third kappa shape index (κ3) is 7.29. The highest BCUT2D eigenvalue weighted by atomic mass is 16.1. The molecule has 194 valence electrons. The quantitative estimate of drug-likeness (QED) is 0.468. The van der Waals surface area contributed by atoms with E-state index in [9.17, 15) is 4.79 Å². The van der Waals surface area contributed by atoms with Gasteiger partial charge in [0, 0.05) is 56.8 Å². The number of nitrogens with one attached hydrogen (secondary N) is 2. The molecule has 1 unspecified atom stereocenters. The van der Waals surface area contributed by atoms with Gasteiger partial charge in [-0.3, -0.25) is 4.79 Å². The molecule has 0 spiro atoms. The van der Waals surface area contributed by atoms with Gasteiger partial charge in [0.2, 0.25) is 11.9 Å². The van der Waals surface area contributed by atoms with Crippen molar-refractivity contribution in [2.24, 2.45) is 5.92 Å². The van der Waals surface area contributed by atoms with Crippen molar-refractivity contribution in [1.82, 2.24) is 20.6 Å². The monoisotopic (exact) mass is 498 g/mol. The summed E-state index contributed by atoms with van der Waals surface area (Å²) in [5.41, 5.74) is 3.41. The summed E-state index contributed by atoms with van der Waals surface area (Å²) in [7, 11) is 0. The van der Waals surface area contributed by atoms with Crippen LogP contribution in [0.2, 0.25) is 0 Å². The first-order chi connectivity index (χ1) is 18.2. The van der Waals surface area contributed by atoms with Crippen LogP contribution in [0.5, 0.6) is 0 Å². The van der Waals surface area contributed by atoms with E-state index in [1.807, 2.05) is 48.8 Å². The number of amides is 1. The molecule has 2 fully saturated rings. The average Bonchev–Trinajstić information content (AvgIpc) is 2.97. The first-order valence-electron chi connectivity index (χ1n) is 13.6. The summed E-state index contributed by atoms with van der Waals surface area (Å²) >= 11 is 0. The number of carbonyl (C=O) groups is 1. The Morgan fingerprint density at radius 3 is 2.35 bits per heavy atom. The Kier molecular flexibility index (Phi) is 8.64. The summed E-state index contributed by atoms with van der Waals surface area (Å²) in [5.74, 6) is 1.56. The van der Waals surface area contributed by atoms with Gasteiger partial charge >= 0.3 is 0 Å². The van der Waals surface area contributed by atoms with Crippen LogP contribution >= 0.6 is 0 Å². The fraction of sp³-hybridized carbons (Fsp3) is 0.433. The molecule has 7 heteroatoms. The number of nitrogens with zero attached hydrogens (tertiary/aromatic N) is 4. The van der Waals surface area contributed by atoms with Gasteiger partial charge in [-0.1, -0.05) is 42.5 Å². The van der Waals surface area contributed by atoms with Gasteiger partial charge in [0.25, 0.3) is 0 Å². The van der Waals surface area contributed by atoms with E-state index in [0.717, 1.165) is 62.6 Å². The molecular formula is C30H38N6O. The fourth-order valence-electron chi connectivity index (χ4n) is 5.41. The van der Waals surface area contributed by atoms with Gasteiger partial charge in [0.15, 0.2) is 0 Å². The van der Waals surface area contributed by atoms with Crippen LogP contribution in [-0.2, 0) is 17.8 Å². The lowest BCUT2D eigenvalue weighted by atomic mass is 9.96. The Morgan fingerprint density at radius 1 is 0.838 bits per heavy atom. The Hall–Kier alpha value is -3.45. The molecule has 1 aromatic heterocycles. The van der Waals surface area contributed by atoms with Crippen molar-refractivity contribution in [1.29, 1.82) is 0 Å². The number of benzene rings is 2. The second-order valence-electron chi connectivity index (χ2n) is 10.3. The maximum atomic E-state index is 12.3. The van der Waals surface area contributed by atoms with Gasteiger partial charge in [-0.25, -0.2) is 9.97 Å². The Labute approximate surface area is 220 Å². The van der Waals surface area contributed by atoms with Gasteiger partial charge < -0.3 is 20.4 Å². The number of hydrogen-bond acceptors (Lipinski definition) is 6. The van der Waals surface area contributed by atoms with Crippen molar-refractivity contribution in [2.75, 3.05) is 42.5 Å². The highest BCUT2D eigenvalue weighted by molar-refractivity contribution is 5.78. The number of piperidine rings is 2. The summed E-state index contributed by atoms with van der Waals surface area (Å²) in [6.45, 7) is 5.84. The SMILES string of the molecule is O=C(Cc1ccc(N2CCC(NCC3CCCN(c4ncccn4)C3)CC2)cc1)NCc1ccccc1. The average molecular weight is 499 g/mol. The molecule has 3 heterocycles. The van der Waals surface area contributed by atoms with Crippen LogP contribution in [0.25, 0.3) is 0 Å². The molecule has 2 N–H and O–H groups in total.